The number of ether oxygens (including phenoxy) is 1. The Balaban J connectivity index is 4.68. The van der Waals surface area contributed by atoms with Gasteiger partial charge in [0, 0.05) is 0 Å². The Morgan fingerprint density at radius 1 is 1.41 bits per heavy atom. The predicted molar refractivity (Wildman–Crippen MR) is 63.1 cm³/mol. The van der Waals surface area contributed by atoms with Crippen molar-refractivity contribution < 1.29 is 22.7 Å². The van der Waals surface area contributed by atoms with Crippen LogP contribution in [0.1, 0.15) is 33.6 Å². The third kappa shape index (κ3) is 5.60. The molecule has 0 bridgehead atoms. The van der Waals surface area contributed by atoms with Gasteiger partial charge in [0.2, 0.25) is 0 Å². The van der Waals surface area contributed by atoms with E-state index in [1.807, 2.05) is 13.8 Å². The first-order chi connectivity index (χ1) is 7.85. The molecule has 0 spiro atoms. The lowest BCUT2D eigenvalue weighted by Crippen LogP contribution is -2.29. The van der Waals surface area contributed by atoms with Crippen LogP contribution >= 0.6 is 0 Å². The third-order valence-electron chi connectivity index (χ3n) is 2.03. The Kier molecular flexibility index (Phi) is 6.68. The second-order valence-corrected chi connectivity index (χ2v) is 6.01. The normalized spacial score (nSPS) is 11.1. The van der Waals surface area contributed by atoms with Crippen molar-refractivity contribution in [2.45, 2.75) is 33.6 Å². The van der Waals surface area contributed by atoms with E-state index in [2.05, 4.69) is 9.53 Å². The van der Waals surface area contributed by atoms with Crippen molar-refractivity contribution in [3.8, 4) is 0 Å². The van der Waals surface area contributed by atoms with E-state index >= 15 is 0 Å². The van der Waals surface area contributed by atoms with Crippen molar-refractivity contribution in [3.05, 3.63) is 5.53 Å². The molecule has 0 rings (SSSR count). The maximum atomic E-state index is 11.7. The molecule has 0 aromatic heterocycles. The summed E-state index contributed by atoms with van der Waals surface area (Å²) in [4.78, 5) is 13.8. The first-order valence-electron chi connectivity index (χ1n) is 5.47. The van der Waals surface area contributed by atoms with E-state index in [0.717, 1.165) is 6.42 Å². The molecule has 0 radical (unpaired) electrons. The summed E-state index contributed by atoms with van der Waals surface area (Å²) in [7, 11) is -3.86. The second-order valence-electron chi connectivity index (χ2n) is 3.98. The van der Waals surface area contributed by atoms with Gasteiger partial charge in [0.1, 0.15) is 0 Å². The van der Waals surface area contributed by atoms with Gasteiger partial charge in [0.15, 0.2) is 0 Å². The molecule has 0 N–H and O–H groups in total. The summed E-state index contributed by atoms with van der Waals surface area (Å²) >= 11 is 0. The zero-order valence-electron chi connectivity index (χ0n) is 10.3. The molecule has 17 heavy (non-hydrogen) atoms. The SMILES string of the molecule is CCOC(=O)C(=[N+]=[N-])S(=O)(=O)CCCC(C)C. The average molecular weight is 262 g/mol. The van der Waals surface area contributed by atoms with Gasteiger partial charge in [-0.2, -0.15) is 0 Å². The van der Waals surface area contributed by atoms with Gasteiger partial charge in [0.25, 0.3) is 9.84 Å². The van der Waals surface area contributed by atoms with E-state index in [0.29, 0.717) is 12.3 Å². The van der Waals surface area contributed by atoms with Crippen molar-refractivity contribution in [1.29, 1.82) is 0 Å². The molecule has 0 unspecified atom stereocenters. The minimum atomic E-state index is -3.86. The molecule has 98 valence electrons. The predicted octanol–water partition coefficient (Wildman–Crippen LogP) is 1.03. The van der Waals surface area contributed by atoms with Gasteiger partial charge in [0.05, 0.1) is 12.4 Å². The molecule has 0 aliphatic carbocycles. The molecule has 0 aliphatic heterocycles. The minimum Gasteiger partial charge on any atom is -0.457 e. The van der Waals surface area contributed by atoms with Crippen LogP contribution in [0.15, 0.2) is 0 Å². The van der Waals surface area contributed by atoms with Gasteiger partial charge < -0.3 is 10.3 Å². The van der Waals surface area contributed by atoms with E-state index < -0.39 is 20.9 Å². The Labute approximate surface area is 102 Å². The van der Waals surface area contributed by atoms with Gasteiger partial charge in [-0.3, -0.25) is 0 Å². The fraction of sp³-hybridized carbons (Fsp3) is 0.800. The van der Waals surface area contributed by atoms with Crippen LogP contribution in [0.25, 0.3) is 5.53 Å². The third-order valence-corrected chi connectivity index (χ3v) is 3.69. The van der Waals surface area contributed by atoms with Crippen molar-refractivity contribution in [2.24, 2.45) is 5.92 Å². The number of nitrogens with zero attached hydrogens (tertiary/aromatic N) is 2. The van der Waals surface area contributed by atoms with E-state index in [1.54, 1.807) is 0 Å². The number of hydrogen-bond acceptors (Lipinski definition) is 4. The molecule has 0 saturated carbocycles. The number of esters is 1. The van der Waals surface area contributed by atoms with Crippen LogP contribution < -0.4 is 0 Å². The fourth-order valence-corrected chi connectivity index (χ4v) is 2.38. The number of carbonyl (C=O) groups is 1. The lowest BCUT2D eigenvalue weighted by Gasteiger charge is -2.03. The molecule has 0 aromatic carbocycles. The van der Waals surface area contributed by atoms with Crippen molar-refractivity contribution in [3.63, 3.8) is 0 Å². The maximum Gasteiger partial charge on any atom is 0.488 e. The van der Waals surface area contributed by atoms with Crippen LogP contribution in [0, 0.1) is 5.92 Å². The number of carbonyl (C=O) groups excluding carboxylic acids is 1. The van der Waals surface area contributed by atoms with E-state index in [9.17, 15) is 13.2 Å². The molecular formula is C10H18N2O4S. The highest BCUT2D eigenvalue weighted by atomic mass is 32.2. The summed E-state index contributed by atoms with van der Waals surface area (Å²) in [6.07, 6.45) is 1.14. The van der Waals surface area contributed by atoms with Crippen LogP contribution in [0.2, 0.25) is 0 Å². The van der Waals surface area contributed by atoms with Crippen LogP contribution in [0.4, 0.5) is 0 Å². The van der Waals surface area contributed by atoms with Crippen molar-refractivity contribution >= 4 is 20.9 Å². The van der Waals surface area contributed by atoms with Crippen molar-refractivity contribution in [2.75, 3.05) is 12.4 Å². The second kappa shape index (κ2) is 7.19. The van der Waals surface area contributed by atoms with E-state index in [1.165, 1.54) is 6.92 Å². The Bertz CT molecular complexity index is 408. The lowest BCUT2D eigenvalue weighted by atomic mass is 10.1. The minimum absolute atomic E-state index is 0.0272. The molecule has 0 heterocycles. The summed E-state index contributed by atoms with van der Waals surface area (Å²) in [5, 5.41) is -0.914. The van der Waals surface area contributed by atoms with Crippen LogP contribution in [0.3, 0.4) is 0 Å². The van der Waals surface area contributed by atoms with E-state index in [-0.39, 0.29) is 12.4 Å². The van der Waals surface area contributed by atoms with Crippen molar-refractivity contribution in [1.82, 2.24) is 0 Å². The van der Waals surface area contributed by atoms with Crippen LogP contribution in [0.5, 0.6) is 0 Å². The molecule has 0 fully saturated rings. The first-order valence-corrected chi connectivity index (χ1v) is 7.12. The largest absolute Gasteiger partial charge is 0.488 e. The summed E-state index contributed by atoms with van der Waals surface area (Å²) in [5.74, 6) is -0.953. The standard InChI is InChI=1S/C10H18N2O4S/c1-4-16-10(13)9(12-11)17(14,15)7-5-6-8(2)3/h8H,4-7H2,1-3H3. The zero-order valence-corrected chi connectivity index (χ0v) is 11.2. The van der Waals surface area contributed by atoms with Gasteiger partial charge in [-0.1, -0.05) is 13.8 Å². The summed E-state index contributed by atoms with van der Waals surface area (Å²) in [6.45, 7) is 5.51. The first kappa shape index (κ1) is 15.8. The molecule has 0 aromatic rings. The van der Waals surface area contributed by atoms with Gasteiger partial charge in [-0.05, 0) is 25.7 Å². The zero-order chi connectivity index (χ0) is 13.5. The summed E-state index contributed by atoms with van der Waals surface area (Å²) in [5.41, 5.74) is 8.58. The Morgan fingerprint density at radius 3 is 2.41 bits per heavy atom. The highest BCUT2D eigenvalue weighted by molar-refractivity contribution is 8.07. The summed E-state index contributed by atoms with van der Waals surface area (Å²) < 4.78 is 27.8. The fourth-order valence-electron chi connectivity index (χ4n) is 1.20. The highest BCUT2D eigenvalue weighted by Crippen LogP contribution is 2.07. The number of rotatable bonds is 5. The smallest absolute Gasteiger partial charge is 0.457 e. The van der Waals surface area contributed by atoms with E-state index in [4.69, 9.17) is 5.53 Å². The monoisotopic (exact) mass is 262 g/mol. The molecule has 0 atom stereocenters. The highest BCUT2D eigenvalue weighted by Gasteiger charge is 2.36. The number of sulfone groups is 1. The lowest BCUT2D eigenvalue weighted by molar-refractivity contribution is -0.138. The quantitative estimate of drug-likeness (QED) is 0.243. The van der Waals surface area contributed by atoms with Gasteiger partial charge in [-0.25, -0.2) is 13.2 Å². The molecule has 6 nitrogen and oxygen atoms in total. The van der Waals surface area contributed by atoms with Crippen LogP contribution in [-0.2, 0) is 19.4 Å². The Hall–Kier alpha value is -1.20. The van der Waals surface area contributed by atoms with Crippen LogP contribution in [-0.4, -0.2) is 36.6 Å². The topological polar surface area (TPSA) is 96.8 Å². The number of hydrogen-bond donors (Lipinski definition) is 0. The summed E-state index contributed by atoms with van der Waals surface area (Å²) in [6, 6.07) is 0. The molecule has 0 saturated heterocycles. The Morgan fingerprint density at radius 2 is 2.00 bits per heavy atom. The maximum absolute atomic E-state index is 11.7. The molecule has 7 heteroatoms. The van der Waals surface area contributed by atoms with Gasteiger partial charge >= 0.3 is 11.0 Å². The molecule has 0 aliphatic rings. The molecule has 0 amide bonds. The van der Waals surface area contributed by atoms with Gasteiger partial charge in [-0.15, -0.1) is 4.79 Å². The average Bonchev–Trinajstić information content (AvgIpc) is 2.17. The molecular weight excluding hydrogens is 244 g/mol.